The standard InChI is InChI=1S/C43H29NO/c1-4-12-29(13-5-1)30-20-23-36-38-28-34(22-25-41(38)45-42(36)26-30)44-33-21-24-40-37(27-33)35-18-10-11-19-39(35)43(40,31-14-6-2-7-15-31)32-16-8-3-9-17-32/h1-28,44H. The molecule has 1 aromatic heterocycles. The molecule has 2 heteroatoms. The lowest BCUT2D eigenvalue weighted by Crippen LogP contribution is -2.28. The minimum atomic E-state index is -0.389. The van der Waals surface area contributed by atoms with E-state index in [9.17, 15) is 0 Å². The van der Waals surface area contributed by atoms with Crippen LogP contribution in [0, 0.1) is 0 Å². The Hall–Kier alpha value is -5.86. The number of nitrogens with one attached hydrogen (secondary N) is 1. The summed E-state index contributed by atoms with van der Waals surface area (Å²) in [5.41, 5.74) is 13.5. The van der Waals surface area contributed by atoms with Gasteiger partial charge in [-0.25, -0.2) is 0 Å². The van der Waals surface area contributed by atoms with Gasteiger partial charge >= 0.3 is 0 Å². The van der Waals surface area contributed by atoms with Crippen molar-refractivity contribution in [3.8, 4) is 22.3 Å². The first-order chi connectivity index (χ1) is 22.3. The first-order valence-electron chi connectivity index (χ1n) is 15.4. The van der Waals surface area contributed by atoms with Gasteiger partial charge in [-0.15, -0.1) is 0 Å². The molecule has 9 rings (SSSR count). The molecule has 212 valence electrons. The van der Waals surface area contributed by atoms with E-state index in [2.05, 4.69) is 169 Å². The largest absolute Gasteiger partial charge is 0.456 e. The molecular weight excluding hydrogens is 546 g/mol. The highest BCUT2D eigenvalue weighted by Crippen LogP contribution is 2.56. The monoisotopic (exact) mass is 575 g/mol. The predicted octanol–water partition coefficient (Wildman–Crippen LogP) is 11.4. The molecule has 0 fully saturated rings. The Labute approximate surface area is 262 Å². The van der Waals surface area contributed by atoms with Crippen molar-refractivity contribution in [2.45, 2.75) is 5.41 Å². The number of hydrogen-bond acceptors (Lipinski definition) is 2. The summed E-state index contributed by atoms with van der Waals surface area (Å²) in [6, 6.07) is 60.8. The van der Waals surface area contributed by atoms with Crippen molar-refractivity contribution in [1.29, 1.82) is 0 Å². The molecule has 1 aliphatic carbocycles. The smallest absolute Gasteiger partial charge is 0.136 e. The fourth-order valence-electron chi connectivity index (χ4n) is 7.36. The fourth-order valence-corrected chi connectivity index (χ4v) is 7.36. The normalized spacial score (nSPS) is 13.1. The number of fused-ring (bicyclic) bond motifs is 6. The van der Waals surface area contributed by atoms with Gasteiger partial charge in [0.25, 0.3) is 0 Å². The molecule has 1 aliphatic rings. The minimum absolute atomic E-state index is 0.389. The third kappa shape index (κ3) is 3.96. The van der Waals surface area contributed by atoms with Gasteiger partial charge in [-0.05, 0) is 87.0 Å². The number of rotatable bonds is 5. The molecule has 45 heavy (non-hydrogen) atoms. The lowest BCUT2D eigenvalue weighted by molar-refractivity contribution is 0.669. The quantitative estimate of drug-likeness (QED) is 0.221. The summed E-state index contributed by atoms with van der Waals surface area (Å²) in [5, 5.41) is 5.94. The Morgan fingerprint density at radius 1 is 0.400 bits per heavy atom. The molecule has 8 aromatic rings. The average Bonchev–Trinajstić information content (AvgIpc) is 3.62. The van der Waals surface area contributed by atoms with E-state index in [1.54, 1.807) is 0 Å². The predicted molar refractivity (Wildman–Crippen MR) is 186 cm³/mol. The molecule has 0 bridgehead atoms. The molecule has 2 nitrogen and oxygen atoms in total. The van der Waals surface area contributed by atoms with Crippen molar-refractivity contribution in [2.75, 3.05) is 5.32 Å². The van der Waals surface area contributed by atoms with Crippen LogP contribution >= 0.6 is 0 Å². The molecule has 0 amide bonds. The Morgan fingerprint density at radius 2 is 1.02 bits per heavy atom. The molecular formula is C43H29NO. The first-order valence-corrected chi connectivity index (χ1v) is 15.4. The van der Waals surface area contributed by atoms with Crippen LogP contribution in [0.15, 0.2) is 174 Å². The maximum atomic E-state index is 6.30. The molecule has 0 saturated heterocycles. The molecule has 0 saturated carbocycles. The molecule has 1 heterocycles. The van der Waals surface area contributed by atoms with Crippen LogP contribution in [-0.2, 0) is 5.41 Å². The summed E-state index contributed by atoms with van der Waals surface area (Å²) in [5.74, 6) is 0. The maximum absolute atomic E-state index is 6.30. The average molecular weight is 576 g/mol. The van der Waals surface area contributed by atoms with Crippen LogP contribution in [0.4, 0.5) is 11.4 Å². The zero-order chi connectivity index (χ0) is 29.8. The number of benzene rings is 7. The van der Waals surface area contributed by atoms with Crippen molar-refractivity contribution in [1.82, 2.24) is 0 Å². The molecule has 7 aromatic carbocycles. The first kappa shape index (κ1) is 25.6. The van der Waals surface area contributed by atoms with E-state index in [4.69, 9.17) is 4.42 Å². The Bertz CT molecular complexity index is 2300. The number of anilines is 2. The van der Waals surface area contributed by atoms with Crippen LogP contribution in [0.25, 0.3) is 44.2 Å². The van der Waals surface area contributed by atoms with E-state index in [-0.39, 0.29) is 5.41 Å². The van der Waals surface area contributed by atoms with Crippen LogP contribution < -0.4 is 5.32 Å². The van der Waals surface area contributed by atoms with E-state index >= 15 is 0 Å². The molecule has 1 N–H and O–H groups in total. The van der Waals surface area contributed by atoms with E-state index < -0.39 is 0 Å². The van der Waals surface area contributed by atoms with Gasteiger partial charge in [-0.2, -0.15) is 0 Å². The molecule has 0 spiro atoms. The van der Waals surface area contributed by atoms with Crippen molar-refractivity contribution in [3.05, 3.63) is 192 Å². The number of hydrogen-bond donors (Lipinski definition) is 1. The highest BCUT2D eigenvalue weighted by molar-refractivity contribution is 6.07. The van der Waals surface area contributed by atoms with Gasteiger partial charge in [0.05, 0.1) is 5.41 Å². The van der Waals surface area contributed by atoms with Gasteiger partial charge < -0.3 is 9.73 Å². The zero-order valence-corrected chi connectivity index (χ0v) is 24.6. The zero-order valence-electron chi connectivity index (χ0n) is 24.6. The Balaban J connectivity index is 1.14. The molecule has 0 unspecified atom stereocenters. The lowest BCUT2D eigenvalue weighted by Gasteiger charge is -2.33. The van der Waals surface area contributed by atoms with Crippen molar-refractivity contribution < 1.29 is 4.42 Å². The van der Waals surface area contributed by atoms with Gasteiger partial charge in [-0.1, -0.05) is 127 Å². The van der Waals surface area contributed by atoms with Gasteiger partial charge in [0, 0.05) is 22.1 Å². The maximum Gasteiger partial charge on any atom is 0.136 e. The second-order valence-electron chi connectivity index (χ2n) is 11.8. The third-order valence-corrected chi connectivity index (χ3v) is 9.33. The van der Waals surface area contributed by atoms with Crippen LogP contribution in [0.2, 0.25) is 0 Å². The lowest BCUT2D eigenvalue weighted by atomic mass is 9.68. The van der Waals surface area contributed by atoms with Crippen LogP contribution in [0.3, 0.4) is 0 Å². The Morgan fingerprint density at radius 3 is 1.78 bits per heavy atom. The minimum Gasteiger partial charge on any atom is -0.456 e. The van der Waals surface area contributed by atoms with Crippen molar-refractivity contribution in [3.63, 3.8) is 0 Å². The molecule has 0 aliphatic heterocycles. The van der Waals surface area contributed by atoms with Gasteiger partial charge in [0.15, 0.2) is 0 Å². The summed E-state index contributed by atoms with van der Waals surface area (Å²) in [6.07, 6.45) is 0. The third-order valence-electron chi connectivity index (χ3n) is 9.33. The van der Waals surface area contributed by atoms with Gasteiger partial charge in [0.1, 0.15) is 11.2 Å². The summed E-state index contributed by atoms with van der Waals surface area (Å²) < 4.78 is 6.30. The van der Waals surface area contributed by atoms with E-state index in [0.29, 0.717) is 0 Å². The van der Waals surface area contributed by atoms with Crippen molar-refractivity contribution >= 4 is 33.3 Å². The topological polar surface area (TPSA) is 25.2 Å². The highest BCUT2D eigenvalue weighted by atomic mass is 16.3. The van der Waals surface area contributed by atoms with Crippen LogP contribution in [-0.4, -0.2) is 0 Å². The van der Waals surface area contributed by atoms with E-state index in [1.165, 1.54) is 38.9 Å². The second kappa shape index (κ2) is 10.1. The highest BCUT2D eigenvalue weighted by Gasteiger charge is 2.45. The summed E-state index contributed by atoms with van der Waals surface area (Å²) in [6.45, 7) is 0. The second-order valence-corrected chi connectivity index (χ2v) is 11.8. The summed E-state index contributed by atoms with van der Waals surface area (Å²) in [4.78, 5) is 0. The van der Waals surface area contributed by atoms with Crippen molar-refractivity contribution in [2.24, 2.45) is 0 Å². The SMILES string of the molecule is c1ccc(-c2ccc3c(c2)oc2ccc(Nc4ccc5c(c4)-c4ccccc4C5(c4ccccc4)c4ccccc4)cc23)cc1. The summed E-state index contributed by atoms with van der Waals surface area (Å²) in [7, 11) is 0. The summed E-state index contributed by atoms with van der Waals surface area (Å²) >= 11 is 0. The molecule has 0 radical (unpaired) electrons. The number of furan rings is 1. The Kier molecular flexibility index (Phi) is 5.76. The van der Waals surface area contributed by atoms with Gasteiger partial charge in [-0.3, -0.25) is 0 Å². The van der Waals surface area contributed by atoms with E-state index in [1.807, 2.05) is 6.07 Å². The van der Waals surface area contributed by atoms with Crippen LogP contribution in [0.5, 0.6) is 0 Å². The van der Waals surface area contributed by atoms with E-state index in [0.717, 1.165) is 38.9 Å². The fraction of sp³-hybridized carbons (Fsp3) is 0.0233. The molecule has 0 atom stereocenters. The van der Waals surface area contributed by atoms with Gasteiger partial charge in [0.2, 0.25) is 0 Å². The van der Waals surface area contributed by atoms with Crippen LogP contribution in [0.1, 0.15) is 22.3 Å².